The predicted molar refractivity (Wildman–Crippen MR) is 112 cm³/mol. The maximum atomic E-state index is 12.1. The number of Topliss-reactive ketones (excluding diaryl/α,β-unsaturated/α-hetero) is 1. The topological polar surface area (TPSA) is 50.4 Å². The summed E-state index contributed by atoms with van der Waals surface area (Å²) in [6.45, 7) is 0.919. The van der Waals surface area contributed by atoms with Gasteiger partial charge in [-0.3, -0.25) is 4.79 Å². The molecule has 0 saturated carbocycles. The van der Waals surface area contributed by atoms with Crippen molar-refractivity contribution in [1.82, 2.24) is 5.32 Å². The number of hydrogen-bond donors (Lipinski definition) is 2. The Balaban J connectivity index is 1.44. The highest BCUT2D eigenvalue weighted by molar-refractivity contribution is 7.80. The molecule has 0 aromatic heterocycles. The molecule has 0 heterocycles. The molecule has 0 fully saturated rings. The first kappa shape index (κ1) is 18.8. The zero-order chi connectivity index (χ0) is 18.9. The van der Waals surface area contributed by atoms with Crippen LogP contribution in [0, 0.1) is 0 Å². The van der Waals surface area contributed by atoms with Crippen LogP contribution in [-0.4, -0.2) is 17.5 Å². The molecule has 2 N–H and O–H groups in total. The summed E-state index contributed by atoms with van der Waals surface area (Å²) in [4.78, 5) is 12.1. The molecule has 3 rings (SSSR count). The zero-order valence-corrected chi connectivity index (χ0v) is 15.5. The van der Waals surface area contributed by atoms with Crippen LogP contribution in [0.15, 0.2) is 84.9 Å². The highest BCUT2D eigenvalue weighted by Crippen LogP contribution is 2.13. The molecule has 0 aliphatic rings. The third-order valence-electron chi connectivity index (χ3n) is 3.86. The molecule has 0 aliphatic heterocycles. The number of hydrogen-bond acceptors (Lipinski definition) is 4. The van der Waals surface area contributed by atoms with Gasteiger partial charge in [0.05, 0.1) is 6.54 Å². The number of carbonyl (C=O) groups is 1. The summed E-state index contributed by atoms with van der Waals surface area (Å²) >= 11 is 5.21. The van der Waals surface area contributed by atoms with Crippen LogP contribution in [0.2, 0.25) is 0 Å². The lowest BCUT2D eigenvalue weighted by Gasteiger charge is -2.10. The predicted octanol–water partition coefficient (Wildman–Crippen LogP) is 4.43. The van der Waals surface area contributed by atoms with Crippen molar-refractivity contribution >= 4 is 28.9 Å². The standard InChI is InChI=1S/C22H20N2O2S/c25-21(18-7-3-1-4-8-18)16-23-15-17-11-13-19(14-12-17)24-22(27)26-20-9-5-2-6-10-20/h1-14,23H,15-16H2,(H,24,27). The summed E-state index contributed by atoms with van der Waals surface area (Å²) in [5, 5.41) is 6.51. The maximum absolute atomic E-state index is 12.1. The van der Waals surface area contributed by atoms with E-state index in [1.165, 1.54) is 0 Å². The Labute approximate surface area is 164 Å². The molecule has 3 aromatic rings. The molecule has 0 unspecified atom stereocenters. The number of rotatable bonds is 7. The van der Waals surface area contributed by atoms with E-state index in [9.17, 15) is 4.79 Å². The maximum Gasteiger partial charge on any atom is 0.266 e. The van der Waals surface area contributed by atoms with Crippen molar-refractivity contribution in [2.24, 2.45) is 0 Å². The first-order valence-electron chi connectivity index (χ1n) is 8.62. The Morgan fingerprint density at radius 3 is 2.15 bits per heavy atom. The van der Waals surface area contributed by atoms with E-state index in [-0.39, 0.29) is 5.78 Å². The molecular formula is C22H20N2O2S. The van der Waals surface area contributed by atoms with E-state index >= 15 is 0 Å². The fourth-order valence-electron chi connectivity index (χ4n) is 2.49. The number of carbonyl (C=O) groups excluding carboxylic acids is 1. The van der Waals surface area contributed by atoms with Gasteiger partial charge >= 0.3 is 0 Å². The lowest BCUT2D eigenvalue weighted by atomic mass is 10.1. The quantitative estimate of drug-likeness (QED) is 0.472. The second-order valence-corrected chi connectivity index (χ2v) is 6.29. The van der Waals surface area contributed by atoms with Crippen molar-refractivity contribution in [3.8, 4) is 5.75 Å². The van der Waals surface area contributed by atoms with Gasteiger partial charge in [-0.05, 0) is 42.0 Å². The second kappa shape index (κ2) is 9.62. The molecule has 0 aliphatic carbocycles. The summed E-state index contributed by atoms with van der Waals surface area (Å²) < 4.78 is 5.55. The monoisotopic (exact) mass is 376 g/mol. The number of ketones is 1. The minimum atomic E-state index is 0.0808. The molecule has 0 bridgehead atoms. The molecule has 0 radical (unpaired) electrons. The van der Waals surface area contributed by atoms with Crippen molar-refractivity contribution in [3.05, 3.63) is 96.1 Å². The summed E-state index contributed by atoms with van der Waals surface area (Å²) in [7, 11) is 0. The van der Waals surface area contributed by atoms with E-state index in [1.807, 2.05) is 84.9 Å². The van der Waals surface area contributed by atoms with Crippen LogP contribution in [-0.2, 0) is 6.54 Å². The number of benzene rings is 3. The fourth-order valence-corrected chi connectivity index (χ4v) is 2.71. The molecular weight excluding hydrogens is 356 g/mol. The van der Waals surface area contributed by atoms with Crippen LogP contribution in [0.5, 0.6) is 5.75 Å². The van der Waals surface area contributed by atoms with Crippen LogP contribution in [0.25, 0.3) is 0 Å². The minimum Gasteiger partial charge on any atom is -0.432 e. The summed E-state index contributed by atoms with van der Waals surface area (Å²) in [6.07, 6.45) is 0. The van der Waals surface area contributed by atoms with Crippen molar-refractivity contribution in [1.29, 1.82) is 0 Å². The van der Waals surface area contributed by atoms with Crippen molar-refractivity contribution in [2.75, 3.05) is 11.9 Å². The normalized spacial score (nSPS) is 10.2. The van der Waals surface area contributed by atoms with Gasteiger partial charge < -0.3 is 15.4 Å². The smallest absolute Gasteiger partial charge is 0.266 e. The fraction of sp³-hybridized carbons (Fsp3) is 0.0909. The number of nitrogens with one attached hydrogen (secondary N) is 2. The number of para-hydroxylation sites is 1. The SMILES string of the molecule is O=C(CNCc1ccc(NC(=S)Oc2ccccc2)cc1)c1ccccc1. The van der Waals surface area contributed by atoms with E-state index in [0.717, 1.165) is 16.8 Å². The van der Waals surface area contributed by atoms with E-state index in [4.69, 9.17) is 17.0 Å². The minimum absolute atomic E-state index is 0.0808. The van der Waals surface area contributed by atoms with Crippen LogP contribution >= 0.6 is 12.2 Å². The van der Waals surface area contributed by atoms with Gasteiger partial charge in [-0.1, -0.05) is 60.7 Å². The van der Waals surface area contributed by atoms with Gasteiger partial charge in [-0.25, -0.2) is 0 Å². The van der Waals surface area contributed by atoms with Crippen LogP contribution in [0.1, 0.15) is 15.9 Å². The second-order valence-electron chi connectivity index (χ2n) is 5.92. The van der Waals surface area contributed by atoms with Crippen LogP contribution < -0.4 is 15.4 Å². The van der Waals surface area contributed by atoms with E-state index in [0.29, 0.717) is 24.0 Å². The number of thiocarbonyl (C=S) groups is 1. The first-order valence-corrected chi connectivity index (χ1v) is 9.03. The highest BCUT2D eigenvalue weighted by Gasteiger charge is 2.05. The van der Waals surface area contributed by atoms with Crippen LogP contribution in [0.4, 0.5) is 5.69 Å². The highest BCUT2D eigenvalue weighted by atomic mass is 32.1. The average molecular weight is 376 g/mol. The van der Waals surface area contributed by atoms with E-state index in [2.05, 4.69) is 10.6 Å². The summed E-state index contributed by atoms with van der Waals surface area (Å²) in [5.74, 6) is 0.774. The molecule has 0 atom stereocenters. The van der Waals surface area contributed by atoms with Crippen LogP contribution in [0.3, 0.4) is 0 Å². The molecule has 5 heteroatoms. The van der Waals surface area contributed by atoms with Gasteiger partial charge in [0, 0.05) is 17.8 Å². The Kier molecular flexibility index (Phi) is 6.68. The summed E-state index contributed by atoms with van der Waals surface area (Å²) in [6, 6.07) is 26.5. The molecule has 136 valence electrons. The Morgan fingerprint density at radius 1 is 0.852 bits per heavy atom. The van der Waals surface area contributed by atoms with Gasteiger partial charge in [0.2, 0.25) is 0 Å². The van der Waals surface area contributed by atoms with Crippen molar-refractivity contribution in [3.63, 3.8) is 0 Å². The molecule has 0 amide bonds. The van der Waals surface area contributed by atoms with Gasteiger partial charge in [-0.2, -0.15) is 0 Å². The molecule has 0 spiro atoms. The number of anilines is 1. The largest absolute Gasteiger partial charge is 0.432 e. The van der Waals surface area contributed by atoms with Gasteiger partial charge in [0.25, 0.3) is 5.17 Å². The van der Waals surface area contributed by atoms with Gasteiger partial charge in [0.1, 0.15) is 5.75 Å². The lowest BCUT2D eigenvalue weighted by Crippen LogP contribution is -2.22. The van der Waals surface area contributed by atoms with Crippen molar-refractivity contribution in [2.45, 2.75) is 6.54 Å². The first-order chi connectivity index (χ1) is 13.2. The van der Waals surface area contributed by atoms with Gasteiger partial charge in [0.15, 0.2) is 5.78 Å². The van der Waals surface area contributed by atoms with E-state index < -0.39 is 0 Å². The molecule has 4 nitrogen and oxygen atoms in total. The molecule has 3 aromatic carbocycles. The average Bonchev–Trinajstić information content (AvgIpc) is 2.70. The van der Waals surface area contributed by atoms with E-state index in [1.54, 1.807) is 0 Å². The lowest BCUT2D eigenvalue weighted by molar-refractivity contribution is 0.0991. The Hall–Kier alpha value is -3.02. The van der Waals surface area contributed by atoms with Gasteiger partial charge in [-0.15, -0.1) is 0 Å². The molecule has 0 saturated heterocycles. The Morgan fingerprint density at radius 2 is 1.48 bits per heavy atom. The number of ether oxygens (including phenoxy) is 1. The third kappa shape index (κ3) is 6.02. The van der Waals surface area contributed by atoms with Crippen molar-refractivity contribution < 1.29 is 9.53 Å². The Bertz CT molecular complexity index is 881. The third-order valence-corrected chi connectivity index (χ3v) is 4.05. The summed E-state index contributed by atoms with van der Waals surface area (Å²) in [5.41, 5.74) is 2.65. The zero-order valence-electron chi connectivity index (χ0n) is 14.7. The molecule has 27 heavy (non-hydrogen) atoms.